The van der Waals surface area contributed by atoms with Crippen molar-refractivity contribution >= 4 is 54.2 Å². The number of rotatable bonds is 5. The molecule has 4 nitrogen and oxygen atoms in total. The standard InChI is InChI=1S/C18H14Br2N2O2S/c1-11-17(12-6-8-13(19)9-7-12)22-18(25-11)21-16(23)10-24-15-5-3-2-4-14(15)20/h2-9H,10H2,1H3,(H,21,22,23). The highest BCUT2D eigenvalue weighted by atomic mass is 79.9. The lowest BCUT2D eigenvalue weighted by Crippen LogP contribution is -2.20. The summed E-state index contributed by atoms with van der Waals surface area (Å²) in [7, 11) is 0. The second-order valence-corrected chi connectivity index (χ2v) is 8.17. The van der Waals surface area contributed by atoms with E-state index in [1.54, 1.807) is 6.07 Å². The van der Waals surface area contributed by atoms with Crippen LogP contribution in [-0.4, -0.2) is 17.5 Å². The minimum Gasteiger partial charge on any atom is -0.483 e. The van der Waals surface area contributed by atoms with Crippen molar-refractivity contribution in [3.05, 3.63) is 62.4 Å². The molecule has 128 valence electrons. The Hall–Kier alpha value is -1.70. The summed E-state index contributed by atoms with van der Waals surface area (Å²) in [4.78, 5) is 17.7. The third kappa shape index (κ3) is 4.68. The first-order chi connectivity index (χ1) is 12.0. The highest BCUT2D eigenvalue weighted by Gasteiger charge is 2.13. The molecule has 25 heavy (non-hydrogen) atoms. The molecule has 0 fully saturated rings. The quantitative estimate of drug-likeness (QED) is 0.511. The van der Waals surface area contributed by atoms with Crippen LogP contribution in [0.2, 0.25) is 0 Å². The molecule has 2 aromatic carbocycles. The number of amides is 1. The molecule has 3 aromatic rings. The van der Waals surface area contributed by atoms with Crippen LogP contribution in [0.1, 0.15) is 4.88 Å². The number of aryl methyl sites for hydroxylation is 1. The molecule has 1 heterocycles. The number of para-hydroxylation sites is 1. The highest BCUT2D eigenvalue weighted by molar-refractivity contribution is 9.10. The second-order valence-electron chi connectivity index (χ2n) is 5.20. The first kappa shape index (κ1) is 18.1. The number of nitrogens with zero attached hydrogens (tertiary/aromatic N) is 1. The van der Waals surface area contributed by atoms with Gasteiger partial charge >= 0.3 is 0 Å². The Kier molecular flexibility index (Phi) is 5.88. The van der Waals surface area contributed by atoms with Crippen LogP contribution in [-0.2, 0) is 4.79 Å². The van der Waals surface area contributed by atoms with Crippen molar-refractivity contribution in [1.29, 1.82) is 0 Å². The van der Waals surface area contributed by atoms with Crippen molar-refractivity contribution in [3.8, 4) is 17.0 Å². The molecule has 0 aliphatic rings. The zero-order valence-electron chi connectivity index (χ0n) is 13.3. The Morgan fingerprint density at radius 3 is 2.60 bits per heavy atom. The van der Waals surface area contributed by atoms with E-state index in [9.17, 15) is 4.79 Å². The number of hydrogen-bond donors (Lipinski definition) is 1. The number of nitrogens with one attached hydrogen (secondary N) is 1. The van der Waals surface area contributed by atoms with Crippen molar-refractivity contribution in [2.45, 2.75) is 6.92 Å². The van der Waals surface area contributed by atoms with Crippen LogP contribution in [0.3, 0.4) is 0 Å². The van der Waals surface area contributed by atoms with Crippen molar-refractivity contribution in [2.24, 2.45) is 0 Å². The normalized spacial score (nSPS) is 10.5. The molecule has 3 rings (SSSR count). The number of carbonyl (C=O) groups is 1. The van der Waals surface area contributed by atoms with Crippen molar-refractivity contribution in [3.63, 3.8) is 0 Å². The molecule has 0 bridgehead atoms. The molecule has 1 N–H and O–H groups in total. The van der Waals surface area contributed by atoms with E-state index >= 15 is 0 Å². The molecule has 0 spiro atoms. The van der Waals surface area contributed by atoms with Gasteiger partial charge in [0.05, 0.1) is 10.2 Å². The molecule has 7 heteroatoms. The first-order valence-corrected chi connectivity index (χ1v) is 9.84. The van der Waals surface area contributed by atoms with Gasteiger partial charge in [-0.2, -0.15) is 0 Å². The summed E-state index contributed by atoms with van der Waals surface area (Å²) in [6.07, 6.45) is 0. The van der Waals surface area contributed by atoms with Gasteiger partial charge in [0.1, 0.15) is 5.75 Å². The van der Waals surface area contributed by atoms with Crippen LogP contribution in [0, 0.1) is 6.92 Å². The Balaban J connectivity index is 1.65. The van der Waals surface area contributed by atoms with E-state index in [1.165, 1.54) is 11.3 Å². The fourth-order valence-electron chi connectivity index (χ4n) is 2.19. The molecular weight excluding hydrogens is 468 g/mol. The molecule has 0 unspecified atom stereocenters. The molecule has 1 aromatic heterocycles. The van der Waals surface area contributed by atoms with Crippen molar-refractivity contribution in [2.75, 3.05) is 11.9 Å². The summed E-state index contributed by atoms with van der Waals surface area (Å²) in [5.41, 5.74) is 1.89. The van der Waals surface area contributed by atoms with Gasteiger partial charge in [-0.15, -0.1) is 11.3 Å². The SMILES string of the molecule is Cc1sc(NC(=O)COc2ccccc2Br)nc1-c1ccc(Br)cc1. The fraction of sp³-hybridized carbons (Fsp3) is 0.111. The van der Waals surface area contributed by atoms with E-state index in [2.05, 4.69) is 42.2 Å². The molecule has 0 saturated heterocycles. The molecule has 0 saturated carbocycles. The lowest BCUT2D eigenvalue weighted by Gasteiger charge is -2.07. The number of benzene rings is 2. The molecule has 1 amide bonds. The van der Waals surface area contributed by atoms with E-state index in [0.29, 0.717) is 10.9 Å². The van der Waals surface area contributed by atoms with E-state index in [1.807, 2.05) is 49.4 Å². The van der Waals surface area contributed by atoms with Crippen LogP contribution in [0.4, 0.5) is 5.13 Å². The third-order valence-electron chi connectivity index (χ3n) is 3.36. The van der Waals surface area contributed by atoms with Gasteiger partial charge in [-0.05, 0) is 47.1 Å². The Labute approximate surface area is 166 Å². The smallest absolute Gasteiger partial charge is 0.264 e. The van der Waals surface area contributed by atoms with Gasteiger partial charge in [0, 0.05) is 14.9 Å². The monoisotopic (exact) mass is 480 g/mol. The Morgan fingerprint density at radius 1 is 1.16 bits per heavy atom. The maximum Gasteiger partial charge on any atom is 0.264 e. The predicted molar refractivity (Wildman–Crippen MR) is 108 cm³/mol. The zero-order valence-corrected chi connectivity index (χ0v) is 17.2. The first-order valence-electron chi connectivity index (χ1n) is 7.43. The predicted octanol–water partition coefficient (Wildman–Crippen LogP) is 5.66. The molecule has 0 radical (unpaired) electrons. The molecular formula is C18H14Br2N2O2S. The number of anilines is 1. The van der Waals surface area contributed by atoms with Gasteiger partial charge in [0.2, 0.25) is 0 Å². The number of halogens is 2. The van der Waals surface area contributed by atoms with Crippen LogP contribution in [0.15, 0.2) is 57.5 Å². The zero-order chi connectivity index (χ0) is 17.8. The summed E-state index contributed by atoms with van der Waals surface area (Å²) in [5, 5.41) is 3.36. The summed E-state index contributed by atoms with van der Waals surface area (Å²) >= 11 is 8.26. The Bertz CT molecular complexity index is 894. The van der Waals surface area contributed by atoms with Gasteiger partial charge in [-0.1, -0.05) is 40.2 Å². The van der Waals surface area contributed by atoms with Crippen LogP contribution in [0.25, 0.3) is 11.3 Å². The van der Waals surface area contributed by atoms with Crippen molar-refractivity contribution < 1.29 is 9.53 Å². The van der Waals surface area contributed by atoms with E-state index < -0.39 is 0 Å². The maximum atomic E-state index is 12.1. The largest absolute Gasteiger partial charge is 0.483 e. The minimum atomic E-state index is -0.244. The van der Waals surface area contributed by atoms with Gasteiger partial charge in [-0.3, -0.25) is 10.1 Å². The van der Waals surface area contributed by atoms with Gasteiger partial charge in [-0.25, -0.2) is 4.98 Å². The number of aromatic nitrogens is 1. The number of thiazole rings is 1. The van der Waals surface area contributed by atoms with Crippen LogP contribution in [0.5, 0.6) is 5.75 Å². The average Bonchev–Trinajstić information content (AvgIpc) is 2.95. The molecule has 0 aliphatic heterocycles. The molecule has 0 aliphatic carbocycles. The minimum absolute atomic E-state index is 0.0745. The summed E-state index contributed by atoms with van der Waals surface area (Å²) in [6.45, 7) is 1.91. The number of hydrogen-bond acceptors (Lipinski definition) is 4. The number of carbonyl (C=O) groups excluding carboxylic acids is 1. The topological polar surface area (TPSA) is 51.2 Å². The highest BCUT2D eigenvalue weighted by Crippen LogP contribution is 2.31. The lowest BCUT2D eigenvalue weighted by atomic mass is 10.1. The summed E-state index contributed by atoms with van der Waals surface area (Å²) in [5.74, 6) is 0.385. The van der Waals surface area contributed by atoms with Crippen LogP contribution >= 0.6 is 43.2 Å². The maximum absolute atomic E-state index is 12.1. The average molecular weight is 482 g/mol. The Morgan fingerprint density at radius 2 is 1.88 bits per heavy atom. The molecule has 0 atom stereocenters. The van der Waals surface area contributed by atoms with E-state index in [-0.39, 0.29) is 12.5 Å². The third-order valence-corrected chi connectivity index (χ3v) is 5.43. The van der Waals surface area contributed by atoms with E-state index in [0.717, 1.165) is 25.1 Å². The summed E-state index contributed by atoms with van der Waals surface area (Å²) in [6, 6.07) is 15.3. The lowest BCUT2D eigenvalue weighted by molar-refractivity contribution is -0.118. The fourth-order valence-corrected chi connectivity index (χ4v) is 3.70. The van der Waals surface area contributed by atoms with Gasteiger partial charge < -0.3 is 4.74 Å². The van der Waals surface area contributed by atoms with Crippen LogP contribution < -0.4 is 10.1 Å². The summed E-state index contributed by atoms with van der Waals surface area (Å²) < 4.78 is 7.34. The van der Waals surface area contributed by atoms with Gasteiger partial charge in [0.15, 0.2) is 11.7 Å². The van der Waals surface area contributed by atoms with Gasteiger partial charge in [0.25, 0.3) is 5.91 Å². The van der Waals surface area contributed by atoms with Crippen molar-refractivity contribution in [1.82, 2.24) is 4.98 Å². The second kappa shape index (κ2) is 8.12. The number of ether oxygens (including phenoxy) is 1. The van der Waals surface area contributed by atoms with E-state index in [4.69, 9.17) is 4.74 Å².